The van der Waals surface area contributed by atoms with E-state index in [2.05, 4.69) is 75.4 Å². The van der Waals surface area contributed by atoms with Gasteiger partial charge in [-0.15, -0.1) is 10.2 Å². The van der Waals surface area contributed by atoms with Crippen LogP contribution in [0.3, 0.4) is 0 Å². The minimum Gasteiger partial charge on any atom is -0.371 e. The maximum atomic E-state index is 4.41. The van der Waals surface area contributed by atoms with Gasteiger partial charge in [-0.05, 0) is 50.1 Å². The largest absolute Gasteiger partial charge is 0.371 e. The van der Waals surface area contributed by atoms with Crippen LogP contribution in [-0.2, 0) is 12.6 Å². The van der Waals surface area contributed by atoms with Crippen LogP contribution in [-0.4, -0.2) is 24.5 Å². The van der Waals surface area contributed by atoms with Crippen LogP contribution in [0.5, 0.6) is 0 Å². The first kappa shape index (κ1) is 15.1. The molecule has 6 nitrogen and oxygen atoms in total. The molecular formula is C20H20N6. The van der Waals surface area contributed by atoms with Gasteiger partial charge in [0.1, 0.15) is 5.82 Å². The molecule has 0 spiro atoms. The van der Waals surface area contributed by atoms with Crippen LogP contribution < -0.4 is 5.32 Å². The van der Waals surface area contributed by atoms with Gasteiger partial charge in [-0.1, -0.05) is 18.2 Å². The number of aromatic nitrogens is 5. The molecule has 0 saturated carbocycles. The molecule has 2 aromatic carbocycles. The molecule has 3 heterocycles. The van der Waals surface area contributed by atoms with Gasteiger partial charge in [-0.25, -0.2) is 0 Å². The van der Waals surface area contributed by atoms with Crippen molar-refractivity contribution >= 4 is 16.6 Å². The number of fused-ring (bicyclic) bond motifs is 4. The number of hydrogen-bond acceptors (Lipinski definition) is 4. The highest BCUT2D eigenvalue weighted by Crippen LogP contribution is 2.39. The van der Waals surface area contributed by atoms with Crippen LogP contribution in [0.25, 0.3) is 27.7 Å². The zero-order valence-corrected chi connectivity index (χ0v) is 15.3. The standard InChI is InChI=1S/C20H20N6/c1-12-23-24-19-20(2,3)22-16-9-8-13(10-18(16)26(12)19)14-6-5-7-17-15(14)11-21-25(17)4/h5-11,22H,1-4H3. The van der Waals surface area contributed by atoms with E-state index in [1.165, 1.54) is 5.56 Å². The van der Waals surface area contributed by atoms with E-state index in [0.717, 1.165) is 39.5 Å². The molecule has 0 bridgehead atoms. The molecule has 5 rings (SSSR count). The summed E-state index contributed by atoms with van der Waals surface area (Å²) >= 11 is 0. The first-order chi connectivity index (χ1) is 12.5. The van der Waals surface area contributed by atoms with Crippen molar-refractivity contribution in [2.24, 2.45) is 7.05 Å². The molecule has 0 unspecified atom stereocenters. The molecule has 26 heavy (non-hydrogen) atoms. The minimum atomic E-state index is -0.265. The Kier molecular flexibility index (Phi) is 2.88. The summed E-state index contributed by atoms with van der Waals surface area (Å²) in [6.07, 6.45) is 1.93. The Morgan fingerprint density at radius 3 is 2.77 bits per heavy atom. The fourth-order valence-electron chi connectivity index (χ4n) is 3.87. The molecular weight excluding hydrogens is 324 g/mol. The molecule has 0 aliphatic carbocycles. The van der Waals surface area contributed by atoms with Gasteiger partial charge in [0.2, 0.25) is 0 Å². The fraction of sp³-hybridized carbons (Fsp3) is 0.250. The monoisotopic (exact) mass is 344 g/mol. The minimum absolute atomic E-state index is 0.265. The van der Waals surface area contributed by atoms with Gasteiger partial charge in [-0.3, -0.25) is 9.25 Å². The van der Waals surface area contributed by atoms with E-state index in [9.17, 15) is 0 Å². The number of nitrogens with zero attached hydrogens (tertiary/aromatic N) is 5. The first-order valence-corrected chi connectivity index (χ1v) is 8.72. The van der Waals surface area contributed by atoms with E-state index >= 15 is 0 Å². The highest BCUT2D eigenvalue weighted by molar-refractivity contribution is 5.95. The van der Waals surface area contributed by atoms with Gasteiger partial charge in [0.25, 0.3) is 0 Å². The second-order valence-electron chi connectivity index (χ2n) is 7.39. The lowest BCUT2D eigenvalue weighted by molar-refractivity contribution is 0.535. The normalized spacial score (nSPS) is 14.8. The molecule has 130 valence electrons. The summed E-state index contributed by atoms with van der Waals surface area (Å²) in [6, 6.07) is 12.8. The van der Waals surface area contributed by atoms with Crippen molar-refractivity contribution in [1.29, 1.82) is 0 Å². The van der Waals surface area contributed by atoms with E-state index in [0.29, 0.717) is 0 Å². The molecule has 0 fully saturated rings. The highest BCUT2D eigenvalue weighted by atomic mass is 15.3. The second kappa shape index (κ2) is 4.94. The van der Waals surface area contributed by atoms with Crippen LogP contribution in [0.1, 0.15) is 25.5 Å². The summed E-state index contributed by atoms with van der Waals surface area (Å²) in [5.41, 5.74) is 5.37. The molecule has 1 aliphatic heterocycles. The Morgan fingerprint density at radius 2 is 1.92 bits per heavy atom. The van der Waals surface area contributed by atoms with Crippen molar-refractivity contribution in [1.82, 2.24) is 24.5 Å². The molecule has 2 aromatic heterocycles. The summed E-state index contributed by atoms with van der Waals surface area (Å²) < 4.78 is 4.06. The summed E-state index contributed by atoms with van der Waals surface area (Å²) in [7, 11) is 1.97. The van der Waals surface area contributed by atoms with Gasteiger partial charge >= 0.3 is 0 Å². The Labute approximate surface area is 151 Å². The number of aryl methyl sites for hydroxylation is 2. The number of benzene rings is 2. The van der Waals surface area contributed by atoms with Crippen LogP contribution in [0.4, 0.5) is 5.69 Å². The van der Waals surface area contributed by atoms with Crippen LogP contribution in [0, 0.1) is 6.92 Å². The van der Waals surface area contributed by atoms with E-state index in [-0.39, 0.29) is 5.54 Å². The molecule has 4 aromatic rings. The van der Waals surface area contributed by atoms with E-state index < -0.39 is 0 Å². The average Bonchev–Trinajstić information content (AvgIpc) is 3.19. The van der Waals surface area contributed by atoms with Crippen LogP contribution >= 0.6 is 0 Å². The Bertz CT molecular complexity index is 1160. The van der Waals surface area contributed by atoms with Gasteiger partial charge < -0.3 is 5.32 Å². The van der Waals surface area contributed by atoms with Crippen molar-refractivity contribution in [3.8, 4) is 16.8 Å². The zero-order valence-electron chi connectivity index (χ0n) is 15.3. The lowest BCUT2D eigenvalue weighted by Crippen LogP contribution is -2.35. The van der Waals surface area contributed by atoms with Crippen molar-refractivity contribution in [2.75, 3.05) is 5.32 Å². The van der Waals surface area contributed by atoms with Crippen LogP contribution in [0.2, 0.25) is 0 Å². The lowest BCUT2D eigenvalue weighted by Gasteiger charge is -2.34. The molecule has 0 amide bonds. The maximum Gasteiger partial charge on any atom is 0.162 e. The van der Waals surface area contributed by atoms with Crippen LogP contribution in [0.15, 0.2) is 42.6 Å². The zero-order chi connectivity index (χ0) is 18.1. The smallest absolute Gasteiger partial charge is 0.162 e. The average molecular weight is 344 g/mol. The third-order valence-electron chi connectivity index (χ3n) is 5.17. The first-order valence-electron chi connectivity index (χ1n) is 8.72. The predicted octanol–water partition coefficient (Wildman–Crippen LogP) is 3.79. The van der Waals surface area contributed by atoms with Crippen molar-refractivity contribution < 1.29 is 0 Å². The van der Waals surface area contributed by atoms with Crippen molar-refractivity contribution in [2.45, 2.75) is 26.3 Å². The van der Waals surface area contributed by atoms with E-state index in [1.807, 2.05) is 24.9 Å². The van der Waals surface area contributed by atoms with Crippen molar-refractivity contribution in [3.05, 3.63) is 54.2 Å². The second-order valence-corrected chi connectivity index (χ2v) is 7.39. The van der Waals surface area contributed by atoms with E-state index in [4.69, 9.17) is 0 Å². The maximum absolute atomic E-state index is 4.41. The molecule has 0 atom stereocenters. The molecule has 0 saturated heterocycles. The third-order valence-corrected chi connectivity index (χ3v) is 5.17. The lowest BCUT2D eigenvalue weighted by atomic mass is 9.96. The fourth-order valence-corrected chi connectivity index (χ4v) is 3.87. The van der Waals surface area contributed by atoms with Gasteiger partial charge in [0.05, 0.1) is 28.6 Å². The van der Waals surface area contributed by atoms with Gasteiger partial charge in [0, 0.05) is 12.4 Å². The Hall–Kier alpha value is -3.15. The summed E-state index contributed by atoms with van der Waals surface area (Å²) in [6.45, 7) is 6.25. The number of nitrogens with one attached hydrogen (secondary N) is 1. The number of rotatable bonds is 1. The topological polar surface area (TPSA) is 60.6 Å². The van der Waals surface area contributed by atoms with Gasteiger partial charge in [-0.2, -0.15) is 5.10 Å². The molecule has 6 heteroatoms. The highest BCUT2D eigenvalue weighted by Gasteiger charge is 2.34. The molecule has 0 radical (unpaired) electrons. The molecule has 1 N–H and O–H groups in total. The number of anilines is 1. The number of hydrogen-bond donors (Lipinski definition) is 1. The summed E-state index contributed by atoms with van der Waals surface area (Å²) in [4.78, 5) is 0. The SMILES string of the molecule is Cc1nnc2n1-c1cc(-c3cccc4c3cnn4C)ccc1NC2(C)C. The van der Waals surface area contributed by atoms with Gasteiger partial charge in [0.15, 0.2) is 5.82 Å². The van der Waals surface area contributed by atoms with E-state index in [1.54, 1.807) is 0 Å². The third kappa shape index (κ3) is 1.95. The van der Waals surface area contributed by atoms with Crippen molar-refractivity contribution in [3.63, 3.8) is 0 Å². The Morgan fingerprint density at radius 1 is 1.08 bits per heavy atom. The molecule has 1 aliphatic rings. The summed E-state index contributed by atoms with van der Waals surface area (Å²) in [5, 5.41) is 17.9. The summed E-state index contributed by atoms with van der Waals surface area (Å²) in [5.74, 6) is 1.83. The quantitative estimate of drug-likeness (QED) is 0.571. The Balaban J connectivity index is 1.75. The predicted molar refractivity (Wildman–Crippen MR) is 102 cm³/mol.